The third-order valence-electron chi connectivity index (χ3n) is 8.64. The summed E-state index contributed by atoms with van der Waals surface area (Å²) in [5.41, 5.74) is 0.0268. The van der Waals surface area contributed by atoms with Gasteiger partial charge in [-0.25, -0.2) is 0 Å². The van der Waals surface area contributed by atoms with Gasteiger partial charge in [0.15, 0.2) is 0 Å². The molecule has 0 aliphatic carbocycles. The molecule has 268 valence electrons. The second-order valence-corrected chi connectivity index (χ2v) is 17.2. The van der Waals surface area contributed by atoms with Gasteiger partial charge in [0, 0.05) is 42.9 Å². The van der Waals surface area contributed by atoms with Gasteiger partial charge in [0.1, 0.15) is 12.1 Å². The predicted molar refractivity (Wildman–Crippen MR) is 193 cm³/mol. The van der Waals surface area contributed by atoms with Crippen molar-refractivity contribution in [3.05, 3.63) is 71.8 Å². The third kappa shape index (κ3) is 11.0. The maximum absolute atomic E-state index is 13.8. The lowest BCUT2D eigenvalue weighted by Crippen LogP contribution is -2.58. The molecule has 2 aromatic carbocycles. The lowest BCUT2D eigenvalue weighted by atomic mass is 9.97. The van der Waals surface area contributed by atoms with Gasteiger partial charge < -0.3 is 26.4 Å². The van der Waals surface area contributed by atoms with Crippen molar-refractivity contribution in [1.82, 2.24) is 31.5 Å². The summed E-state index contributed by atoms with van der Waals surface area (Å²) >= 11 is 1.41. The fraction of sp³-hybridized carbons (Fsp3) is 0.568. The maximum Gasteiger partial charge on any atom is 0.245 e. The van der Waals surface area contributed by atoms with E-state index in [0.717, 1.165) is 11.1 Å². The van der Waals surface area contributed by atoms with Crippen LogP contribution in [-0.4, -0.2) is 92.7 Å². The molecule has 6 N–H and O–H groups in total. The lowest BCUT2D eigenvalue weighted by molar-refractivity contribution is -0.129. The summed E-state index contributed by atoms with van der Waals surface area (Å²) in [5, 5.41) is 26.2. The van der Waals surface area contributed by atoms with E-state index >= 15 is 0 Å². The molecule has 4 rings (SSSR count). The molecule has 1 unspecified atom stereocenters. The zero-order valence-corrected chi connectivity index (χ0v) is 30.7. The molecule has 2 saturated heterocycles. The standard InChI is InChI=1S/C37H54N6O5S/c1-24(2)21-43-23-37(48,19-27(43)31(45)42-35(3,4)5)22-39-33(47)30-36(6,7)49-34(41-30)29(32(46)38-20-26-16-12-9-13-17-26)40-28(44)18-25-14-10-8-11-15-25/h8-17,24,27,29-30,34,41,48H,18-23H2,1-7H3,(H,38,46)(H,39,47)(H,40,44)(H,42,45)/t27-,29+,30-,34+,37?/m0/s1. The van der Waals surface area contributed by atoms with Crippen LogP contribution in [0.1, 0.15) is 66.0 Å². The number of nitrogens with zero attached hydrogens (tertiary/aromatic N) is 1. The zero-order valence-electron chi connectivity index (χ0n) is 29.8. The number of amides is 4. The van der Waals surface area contributed by atoms with E-state index in [9.17, 15) is 24.3 Å². The monoisotopic (exact) mass is 694 g/mol. The lowest BCUT2D eigenvalue weighted by Gasteiger charge is -2.29. The maximum atomic E-state index is 13.8. The van der Waals surface area contributed by atoms with Gasteiger partial charge in [0.05, 0.1) is 23.4 Å². The van der Waals surface area contributed by atoms with Crippen molar-refractivity contribution in [3.8, 4) is 0 Å². The molecule has 49 heavy (non-hydrogen) atoms. The van der Waals surface area contributed by atoms with Crippen LogP contribution in [0.4, 0.5) is 0 Å². The molecular formula is C37H54N6O5S. The molecule has 0 saturated carbocycles. The summed E-state index contributed by atoms with van der Waals surface area (Å²) in [7, 11) is 0. The molecule has 2 fully saturated rings. The minimum Gasteiger partial charge on any atom is -0.387 e. The Balaban J connectivity index is 1.44. The molecule has 2 aliphatic heterocycles. The average Bonchev–Trinajstić information content (AvgIpc) is 3.52. The number of carbonyl (C=O) groups excluding carboxylic acids is 4. The SMILES string of the molecule is CC(C)CN1CC(O)(CNC(=O)[C@@H]2N[C@@H]([C@H](NC(=O)Cc3ccccc3)C(=O)NCc3ccccc3)SC2(C)C)C[C@H]1C(=O)NC(C)(C)C. The Morgan fingerprint density at radius 3 is 2.16 bits per heavy atom. The molecule has 2 aromatic rings. The van der Waals surface area contributed by atoms with E-state index in [1.165, 1.54) is 11.8 Å². The van der Waals surface area contributed by atoms with Gasteiger partial charge in [-0.2, -0.15) is 0 Å². The van der Waals surface area contributed by atoms with Gasteiger partial charge in [-0.1, -0.05) is 74.5 Å². The number of rotatable bonds is 13. The van der Waals surface area contributed by atoms with Crippen molar-refractivity contribution in [3.63, 3.8) is 0 Å². The van der Waals surface area contributed by atoms with E-state index in [4.69, 9.17) is 0 Å². The summed E-state index contributed by atoms with van der Waals surface area (Å²) in [4.78, 5) is 55.8. The fourth-order valence-corrected chi connectivity index (χ4v) is 7.92. The van der Waals surface area contributed by atoms with Gasteiger partial charge in [-0.3, -0.25) is 29.4 Å². The first-order valence-electron chi connectivity index (χ1n) is 17.1. The summed E-state index contributed by atoms with van der Waals surface area (Å²) < 4.78 is -0.659. The molecule has 0 aromatic heterocycles. The van der Waals surface area contributed by atoms with E-state index in [0.29, 0.717) is 6.54 Å². The fourth-order valence-electron chi connectivity index (χ4n) is 6.43. The van der Waals surface area contributed by atoms with Crippen molar-refractivity contribution in [2.75, 3.05) is 19.6 Å². The highest BCUT2D eigenvalue weighted by Gasteiger charge is 2.51. The summed E-state index contributed by atoms with van der Waals surface area (Å²) in [6, 6.07) is 16.6. The number of aliphatic hydroxyl groups is 1. The van der Waals surface area contributed by atoms with E-state index < -0.39 is 39.4 Å². The number of thioether (sulfide) groups is 1. The number of nitrogens with one attached hydrogen (secondary N) is 5. The minimum atomic E-state index is -1.30. The van der Waals surface area contributed by atoms with Crippen molar-refractivity contribution in [2.24, 2.45) is 5.92 Å². The highest BCUT2D eigenvalue weighted by Crippen LogP contribution is 2.39. The Labute approximate surface area is 295 Å². The Kier molecular flexibility index (Phi) is 12.6. The van der Waals surface area contributed by atoms with E-state index in [1.54, 1.807) is 0 Å². The minimum absolute atomic E-state index is 0.0296. The van der Waals surface area contributed by atoms with Crippen molar-refractivity contribution in [1.29, 1.82) is 0 Å². The highest BCUT2D eigenvalue weighted by atomic mass is 32.2. The largest absolute Gasteiger partial charge is 0.387 e. The van der Waals surface area contributed by atoms with Crippen LogP contribution in [0.25, 0.3) is 0 Å². The summed E-state index contributed by atoms with van der Waals surface area (Å²) in [6.45, 7) is 14.9. The van der Waals surface area contributed by atoms with Gasteiger partial charge in [-0.15, -0.1) is 11.8 Å². The topological polar surface area (TPSA) is 152 Å². The number of likely N-dealkylation sites (tertiary alicyclic amines) is 1. The van der Waals surface area contributed by atoms with Gasteiger partial charge in [-0.05, 0) is 51.7 Å². The second kappa shape index (κ2) is 16.1. The molecule has 2 heterocycles. The Bertz CT molecular complexity index is 1450. The van der Waals surface area contributed by atoms with Crippen LogP contribution in [0.15, 0.2) is 60.7 Å². The normalized spacial score (nSPS) is 24.3. The number of carbonyl (C=O) groups is 4. The van der Waals surface area contributed by atoms with Gasteiger partial charge >= 0.3 is 0 Å². The molecule has 4 amide bonds. The smallest absolute Gasteiger partial charge is 0.245 e. The van der Waals surface area contributed by atoms with Crippen LogP contribution in [0.5, 0.6) is 0 Å². The van der Waals surface area contributed by atoms with E-state index in [1.807, 2.05) is 100 Å². The molecule has 2 aliphatic rings. The first kappa shape index (κ1) is 38.4. The van der Waals surface area contributed by atoms with Crippen LogP contribution in [0.2, 0.25) is 0 Å². The Hall–Kier alpha value is -3.45. The third-order valence-corrected chi connectivity index (χ3v) is 10.1. The van der Waals surface area contributed by atoms with Crippen molar-refractivity contribution >= 4 is 35.4 Å². The van der Waals surface area contributed by atoms with E-state index in [-0.39, 0.29) is 62.0 Å². The quantitative estimate of drug-likeness (QED) is 0.187. The molecule has 0 bridgehead atoms. The van der Waals surface area contributed by atoms with Crippen LogP contribution >= 0.6 is 11.8 Å². The summed E-state index contributed by atoms with van der Waals surface area (Å²) in [5.74, 6) is -0.856. The predicted octanol–water partition coefficient (Wildman–Crippen LogP) is 2.33. The number of hydrogen-bond acceptors (Lipinski definition) is 8. The first-order chi connectivity index (χ1) is 22.9. The van der Waals surface area contributed by atoms with Crippen LogP contribution in [0.3, 0.4) is 0 Å². The molecule has 5 atom stereocenters. The number of β-amino-alcohol motifs (C(OH)–C–C–N with tert-alkyl or cyclic N) is 1. The highest BCUT2D eigenvalue weighted by molar-refractivity contribution is 8.01. The first-order valence-corrected chi connectivity index (χ1v) is 18.0. The number of hydrogen-bond donors (Lipinski definition) is 6. The average molecular weight is 695 g/mol. The Morgan fingerprint density at radius 1 is 0.959 bits per heavy atom. The van der Waals surface area contributed by atoms with Crippen LogP contribution in [-0.2, 0) is 32.1 Å². The van der Waals surface area contributed by atoms with E-state index in [2.05, 4.69) is 40.4 Å². The van der Waals surface area contributed by atoms with Crippen molar-refractivity contribution in [2.45, 2.75) is 107 Å². The molecule has 12 heteroatoms. The summed E-state index contributed by atoms with van der Waals surface area (Å²) in [6.07, 6.45) is 0.299. The van der Waals surface area contributed by atoms with Crippen LogP contribution in [0, 0.1) is 5.92 Å². The number of benzene rings is 2. The van der Waals surface area contributed by atoms with Crippen LogP contribution < -0.4 is 26.6 Å². The molecule has 11 nitrogen and oxygen atoms in total. The molecular weight excluding hydrogens is 641 g/mol. The molecule has 0 spiro atoms. The second-order valence-electron chi connectivity index (χ2n) is 15.4. The Morgan fingerprint density at radius 2 is 1.57 bits per heavy atom. The van der Waals surface area contributed by atoms with Gasteiger partial charge in [0.2, 0.25) is 23.6 Å². The molecule has 0 radical (unpaired) electrons. The zero-order chi connectivity index (χ0) is 36.0. The van der Waals surface area contributed by atoms with Crippen molar-refractivity contribution < 1.29 is 24.3 Å². The van der Waals surface area contributed by atoms with Gasteiger partial charge in [0.25, 0.3) is 0 Å².